The van der Waals surface area contributed by atoms with Gasteiger partial charge in [-0.1, -0.05) is 0 Å². The molecule has 148 valence electrons. The minimum atomic E-state index is -0.489. The lowest BCUT2D eigenvalue weighted by molar-refractivity contribution is -0.122. The highest BCUT2D eigenvalue weighted by atomic mass is 32.1. The summed E-state index contributed by atoms with van der Waals surface area (Å²) in [6.45, 7) is 0.139. The van der Waals surface area contributed by atoms with Crippen LogP contribution in [0.3, 0.4) is 0 Å². The van der Waals surface area contributed by atoms with E-state index in [9.17, 15) is 14.0 Å². The first-order chi connectivity index (χ1) is 14.5. The van der Waals surface area contributed by atoms with Gasteiger partial charge in [-0.3, -0.25) is 14.9 Å². The SMILES string of the molecule is Cn1cc(C2=C(c3csc4ccc(F)cc34)C(=O)NC2=O)c2cc3c(cc21)OCO3. The quantitative estimate of drug-likeness (QED) is 0.501. The fourth-order valence-corrected chi connectivity index (χ4v) is 5.07. The van der Waals surface area contributed by atoms with Gasteiger partial charge in [0.25, 0.3) is 11.8 Å². The van der Waals surface area contributed by atoms with Crippen LogP contribution >= 0.6 is 11.3 Å². The molecule has 0 unspecified atom stereocenters. The Morgan fingerprint density at radius 1 is 1.00 bits per heavy atom. The highest BCUT2D eigenvalue weighted by Crippen LogP contribution is 2.43. The molecule has 0 fully saturated rings. The number of hydrogen-bond donors (Lipinski definition) is 1. The summed E-state index contributed by atoms with van der Waals surface area (Å²) in [5.74, 6) is -0.139. The zero-order valence-electron chi connectivity index (χ0n) is 15.6. The second kappa shape index (κ2) is 5.93. The van der Waals surface area contributed by atoms with E-state index in [4.69, 9.17) is 9.47 Å². The third kappa shape index (κ3) is 2.28. The second-order valence-electron chi connectivity index (χ2n) is 7.20. The van der Waals surface area contributed by atoms with Crippen LogP contribution in [0.1, 0.15) is 11.1 Å². The summed E-state index contributed by atoms with van der Waals surface area (Å²) < 4.78 is 27.6. The molecule has 0 bridgehead atoms. The van der Waals surface area contributed by atoms with E-state index in [0.717, 1.165) is 15.6 Å². The number of halogens is 1. The highest BCUT2D eigenvalue weighted by molar-refractivity contribution is 7.17. The van der Waals surface area contributed by atoms with Crippen LogP contribution in [0.2, 0.25) is 0 Å². The number of fused-ring (bicyclic) bond motifs is 3. The van der Waals surface area contributed by atoms with E-state index >= 15 is 0 Å². The third-order valence-electron chi connectivity index (χ3n) is 5.49. The number of ether oxygens (including phenoxy) is 2. The van der Waals surface area contributed by atoms with Crippen LogP contribution in [0.15, 0.2) is 41.9 Å². The fraction of sp³-hybridized carbons (Fsp3) is 0.0909. The summed E-state index contributed by atoms with van der Waals surface area (Å²) in [7, 11) is 1.86. The maximum atomic E-state index is 13.9. The Hall–Kier alpha value is -3.65. The lowest BCUT2D eigenvalue weighted by atomic mass is 9.95. The first kappa shape index (κ1) is 17.2. The van der Waals surface area contributed by atoms with Gasteiger partial charge >= 0.3 is 0 Å². The predicted molar refractivity (Wildman–Crippen MR) is 111 cm³/mol. The molecule has 0 atom stereocenters. The molecule has 8 heteroatoms. The van der Waals surface area contributed by atoms with Crippen LogP contribution in [0.25, 0.3) is 32.1 Å². The Bertz CT molecular complexity index is 1460. The van der Waals surface area contributed by atoms with Crippen LogP contribution in [-0.4, -0.2) is 23.2 Å². The number of aromatic nitrogens is 1. The molecule has 0 spiro atoms. The van der Waals surface area contributed by atoms with Gasteiger partial charge in [-0.25, -0.2) is 4.39 Å². The monoisotopic (exact) mass is 420 g/mol. The van der Waals surface area contributed by atoms with Crippen molar-refractivity contribution >= 4 is 55.3 Å². The molecule has 4 heterocycles. The van der Waals surface area contributed by atoms with E-state index < -0.39 is 17.6 Å². The number of carbonyl (C=O) groups is 2. The number of aryl methyl sites for hydroxylation is 1. The standard InChI is InChI=1S/C22H13FN2O4S/c1-25-7-13(11-5-16-17(6-15(11)25)29-9-28-16)19-20(22(27)24-21(19)26)14-8-30-18-3-2-10(23)4-12(14)18/h2-8H,9H2,1H3,(H,24,26,27). The summed E-state index contributed by atoms with van der Waals surface area (Å²) >= 11 is 1.40. The molecule has 2 amide bonds. The molecule has 6 nitrogen and oxygen atoms in total. The lowest BCUT2D eigenvalue weighted by Gasteiger charge is -2.04. The maximum Gasteiger partial charge on any atom is 0.259 e. The van der Waals surface area contributed by atoms with E-state index in [1.165, 1.54) is 23.5 Å². The zero-order valence-corrected chi connectivity index (χ0v) is 16.4. The van der Waals surface area contributed by atoms with Crippen molar-refractivity contribution in [2.45, 2.75) is 0 Å². The van der Waals surface area contributed by atoms with Gasteiger partial charge in [-0.15, -0.1) is 11.3 Å². The van der Waals surface area contributed by atoms with Gasteiger partial charge in [0.15, 0.2) is 11.5 Å². The van der Waals surface area contributed by atoms with E-state index in [-0.39, 0.29) is 17.9 Å². The molecular formula is C22H13FN2O4S. The van der Waals surface area contributed by atoms with Crippen molar-refractivity contribution in [3.8, 4) is 11.5 Å². The average molecular weight is 420 g/mol. The summed E-state index contributed by atoms with van der Waals surface area (Å²) in [4.78, 5) is 25.6. The molecule has 2 aromatic carbocycles. The minimum absolute atomic E-state index is 0.139. The Kier molecular flexibility index (Phi) is 3.41. The molecule has 0 saturated heterocycles. The number of amides is 2. The molecule has 30 heavy (non-hydrogen) atoms. The van der Waals surface area contributed by atoms with E-state index in [1.807, 2.05) is 29.9 Å². The first-order valence-electron chi connectivity index (χ1n) is 9.17. The fourth-order valence-electron chi connectivity index (χ4n) is 4.13. The Morgan fingerprint density at radius 2 is 1.73 bits per heavy atom. The summed E-state index contributed by atoms with van der Waals surface area (Å²) in [6.07, 6.45) is 1.81. The number of thiophene rings is 1. The normalized spacial score (nSPS) is 15.7. The predicted octanol–water partition coefficient (Wildman–Crippen LogP) is 3.83. The third-order valence-corrected chi connectivity index (χ3v) is 6.45. The maximum absolute atomic E-state index is 13.9. The average Bonchev–Trinajstić information content (AvgIpc) is 3.46. The molecule has 0 saturated carbocycles. The molecule has 2 aliphatic heterocycles. The van der Waals surface area contributed by atoms with Gasteiger partial charge in [0.1, 0.15) is 5.82 Å². The van der Waals surface area contributed by atoms with Crippen molar-refractivity contribution in [3.63, 3.8) is 0 Å². The highest BCUT2D eigenvalue weighted by Gasteiger charge is 2.35. The van der Waals surface area contributed by atoms with Gasteiger partial charge in [0.2, 0.25) is 6.79 Å². The molecule has 2 aliphatic rings. The van der Waals surface area contributed by atoms with Crippen molar-refractivity contribution in [2.24, 2.45) is 7.05 Å². The number of carbonyl (C=O) groups excluding carboxylic acids is 2. The smallest absolute Gasteiger partial charge is 0.259 e. The second-order valence-corrected chi connectivity index (χ2v) is 8.11. The molecular weight excluding hydrogens is 407 g/mol. The molecule has 2 aromatic heterocycles. The number of rotatable bonds is 2. The number of nitrogens with zero attached hydrogens (tertiary/aromatic N) is 1. The topological polar surface area (TPSA) is 69.6 Å². The van der Waals surface area contributed by atoms with Gasteiger partial charge in [0.05, 0.1) is 16.7 Å². The zero-order chi connectivity index (χ0) is 20.6. The van der Waals surface area contributed by atoms with Crippen molar-refractivity contribution < 1.29 is 23.5 Å². The van der Waals surface area contributed by atoms with Crippen LogP contribution in [0, 0.1) is 5.82 Å². The van der Waals surface area contributed by atoms with Gasteiger partial charge in [-0.05, 0) is 24.3 Å². The van der Waals surface area contributed by atoms with E-state index in [0.29, 0.717) is 28.0 Å². The van der Waals surface area contributed by atoms with E-state index in [1.54, 1.807) is 11.4 Å². The summed E-state index contributed by atoms with van der Waals surface area (Å²) in [6, 6.07) is 8.12. The number of benzene rings is 2. The van der Waals surface area contributed by atoms with Gasteiger partial charge in [0, 0.05) is 51.3 Å². The van der Waals surface area contributed by atoms with Crippen molar-refractivity contribution in [1.82, 2.24) is 9.88 Å². The lowest BCUT2D eigenvalue weighted by Crippen LogP contribution is -2.22. The van der Waals surface area contributed by atoms with Crippen LogP contribution in [-0.2, 0) is 16.6 Å². The molecule has 1 N–H and O–H groups in total. The summed E-state index contributed by atoms with van der Waals surface area (Å²) in [5.41, 5.74) is 2.52. The van der Waals surface area contributed by atoms with Gasteiger partial charge in [-0.2, -0.15) is 0 Å². The molecule has 0 aliphatic carbocycles. The number of imide groups is 1. The Morgan fingerprint density at radius 3 is 2.53 bits per heavy atom. The number of hydrogen-bond acceptors (Lipinski definition) is 5. The minimum Gasteiger partial charge on any atom is -0.454 e. The number of nitrogens with one attached hydrogen (secondary N) is 1. The van der Waals surface area contributed by atoms with Crippen LogP contribution in [0.4, 0.5) is 4.39 Å². The van der Waals surface area contributed by atoms with Gasteiger partial charge < -0.3 is 14.0 Å². The Labute approximate surface area is 173 Å². The van der Waals surface area contributed by atoms with Crippen LogP contribution < -0.4 is 14.8 Å². The van der Waals surface area contributed by atoms with E-state index in [2.05, 4.69) is 5.32 Å². The molecule has 4 aromatic rings. The molecule has 0 radical (unpaired) electrons. The summed E-state index contributed by atoms with van der Waals surface area (Å²) in [5, 5.41) is 5.57. The van der Waals surface area contributed by atoms with Crippen molar-refractivity contribution in [2.75, 3.05) is 6.79 Å². The van der Waals surface area contributed by atoms with Crippen LogP contribution in [0.5, 0.6) is 11.5 Å². The first-order valence-corrected chi connectivity index (χ1v) is 10.1. The van der Waals surface area contributed by atoms with Crippen molar-refractivity contribution in [1.29, 1.82) is 0 Å². The Balaban J connectivity index is 1.67. The van der Waals surface area contributed by atoms with Crippen molar-refractivity contribution in [3.05, 3.63) is 58.9 Å². The molecule has 6 rings (SSSR count). The largest absolute Gasteiger partial charge is 0.454 e.